The maximum Gasteiger partial charge on any atom is 0.141 e. The highest BCUT2D eigenvalue weighted by Gasteiger charge is 2.56. The van der Waals surface area contributed by atoms with Gasteiger partial charge in [-0.25, -0.2) is 0 Å². The Morgan fingerprint density at radius 3 is 2.93 bits per heavy atom. The van der Waals surface area contributed by atoms with E-state index in [2.05, 4.69) is 0 Å². The van der Waals surface area contributed by atoms with E-state index >= 15 is 0 Å². The molecular formula is C12H18O2. The second-order valence-electron chi connectivity index (χ2n) is 5.40. The minimum atomic E-state index is -0.595. The van der Waals surface area contributed by atoms with Crippen LogP contribution in [0.3, 0.4) is 0 Å². The van der Waals surface area contributed by atoms with E-state index in [0.717, 1.165) is 38.5 Å². The Balaban J connectivity index is 1.96. The molecule has 3 rings (SSSR count). The van der Waals surface area contributed by atoms with E-state index in [-0.39, 0.29) is 5.92 Å². The predicted octanol–water partition coefficient (Wildman–Crippen LogP) is 1.91. The first-order valence-corrected chi connectivity index (χ1v) is 5.98. The minimum Gasteiger partial charge on any atom is -0.389 e. The third-order valence-corrected chi connectivity index (χ3v) is 4.81. The average molecular weight is 194 g/mol. The number of hydrogen-bond acceptors (Lipinski definition) is 2. The number of carbonyl (C=O) groups excluding carboxylic acids is 1. The lowest BCUT2D eigenvalue weighted by atomic mass is 9.62. The fourth-order valence-corrected chi connectivity index (χ4v) is 4.04. The molecule has 78 valence electrons. The number of Topliss-reactive ketones (excluding diaryl/α,β-unsaturated/α-hetero) is 1. The fourth-order valence-electron chi connectivity index (χ4n) is 4.04. The van der Waals surface area contributed by atoms with Gasteiger partial charge in [0, 0.05) is 11.8 Å². The summed E-state index contributed by atoms with van der Waals surface area (Å²) in [7, 11) is 0. The van der Waals surface area contributed by atoms with Gasteiger partial charge in [0.2, 0.25) is 0 Å². The van der Waals surface area contributed by atoms with Crippen LogP contribution in [0.15, 0.2) is 0 Å². The Hall–Kier alpha value is -0.370. The van der Waals surface area contributed by atoms with Crippen LogP contribution in [0.25, 0.3) is 0 Å². The molecule has 1 N–H and O–H groups in total. The van der Waals surface area contributed by atoms with Gasteiger partial charge in [-0.2, -0.15) is 0 Å². The predicted molar refractivity (Wildman–Crippen MR) is 52.7 cm³/mol. The van der Waals surface area contributed by atoms with Gasteiger partial charge in [-0.3, -0.25) is 4.79 Å². The van der Waals surface area contributed by atoms with Crippen LogP contribution in [-0.4, -0.2) is 16.5 Å². The number of ketones is 1. The van der Waals surface area contributed by atoms with E-state index < -0.39 is 5.60 Å². The van der Waals surface area contributed by atoms with Crippen molar-refractivity contribution in [3.8, 4) is 0 Å². The zero-order valence-corrected chi connectivity index (χ0v) is 8.54. The maximum absolute atomic E-state index is 11.9. The highest BCUT2D eigenvalue weighted by Crippen LogP contribution is 2.53. The van der Waals surface area contributed by atoms with Crippen molar-refractivity contribution in [3.63, 3.8) is 0 Å². The van der Waals surface area contributed by atoms with E-state index in [4.69, 9.17) is 0 Å². The van der Waals surface area contributed by atoms with Crippen LogP contribution >= 0.6 is 0 Å². The average Bonchev–Trinajstić information content (AvgIpc) is 2.46. The van der Waals surface area contributed by atoms with E-state index in [1.807, 2.05) is 0 Å². The summed E-state index contributed by atoms with van der Waals surface area (Å²) in [5.41, 5.74) is -0.595. The lowest BCUT2D eigenvalue weighted by Crippen LogP contribution is -2.53. The summed E-state index contributed by atoms with van der Waals surface area (Å²) in [5.74, 6) is 1.13. The summed E-state index contributed by atoms with van der Waals surface area (Å²) >= 11 is 0. The molecule has 0 aromatic heterocycles. The van der Waals surface area contributed by atoms with Crippen LogP contribution in [0.4, 0.5) is 0 Å². The van der Waals surface area contributed by atoms with Gasteiger partial charge in [-0.1, -0.05) is 12.8 Å². The number of aliphatic hydroxyl groups is 1. The van der Waals surface area contributed by atoms with Crippen molar-refractivity contribution < 1.29 is 9.90 Å². The summed E-state index contributed by atoms with van der Waals surface area (Å²) < 4.78 is 0. The Morgan fingerprint density at radius 1 is 1.21 bits per heavy atom. The molecule has 0 radical (unpaired) electrons. The zero-order chi connectivity index (χ0) is 9.76. The normalized spacial score (nSPS) is 51.8. The Kier molecular flexibility index (Phi) is 1.79. The van der Waals surface area contributed by atoms with Crippen molar-refractivity contribution in [1.29, 1.82) is 0 Å². The second-order valence-corrected chi connectivity index (χ2v) is 5.40. The van der Waals surface area contributed by atoms with Gasteiger partial charge in [0.15, 0.2) is 0 Å². The van der Waals surface area contributed by atoms with Crippen LogP contribution < -0.4 is 0 Å². The molecule has 3 aliphatic rings. The smallest absolute Gasteiger partial charge is 0.141 e. The quantitative estimate of drug-likeness (QED) is 0.639. The largest absolute Gasteiger partial charge is 0.389 e. The molecule has 0 heterocycles. The van der Waals surface area contributed by atoms with E-state index in [1.54, 1.807) is 0 Å². The van der Waals surface area contributed by atoms with Gasteiger partial charge in [-0.05, 0) is 38.0 Å². The molecule has 0 aromatic rings. The van der Waals surface area contributed by atoms with Crippen molar-refractivity contribution in [2.75, 3.05) is 0 Å². The lowest BCUT2D eigenvalue weighted by Gasteiger charge is -2.46. The van der Waals surface area contributed by atoms with Gasteiger partial charge in [0.1, 0.15) is 5.78 Å². The van der Waals surface area contributed by atoms with Crippen LogP contribution in [-0.2, 0) is 4.79 Å². The molecule has 0 saturated heterocycles. The molecule has 2 bridgehead atoms. The van der Waals surface area contributed by atoms with Crippen molar-refractivity contribution in [1.82, 2.24) is 0 Å². The monoisotopic (exact) mass is 194 g/mol. The van der Waals surface area contributed by atoms with Crippen molar-refractivity contribution in [2.45, 2.75) is 50.5 Å². The number of carbonyl (C=O) groups is 1. The molecule has 0 unspecified atom stereocenters. The van der Waals surface area contributed by atoms with Gasteiger partial charge in [0.25, 0.3) is 0 Å². The van der Waals surface area contributed by atoms with Crippen molar-refractivity contribution >= 4 is 5.78 Å². The van der Waals surface area contributed by atoms with Gasteiger partial charge < -0.3 is 5.11 Å². The van der Waals surface area contributed by atoms with Crippen LogP contribution in [0, 0.1) is 17.8 Å². The molecule has 0 amide bonds. The second kappa shape index (κ2) is 2.82. The highest BCUT2D eigenvalue weighted by molar-refractivity contribution is 5.87. The van der Waals surface area contributed by atoms with Gasteiger partial charge in [0.05, 0.1) is 5.60 Å². The summed E-state index contributed by atoms with van der Waals surface area (Å²) in [4.78, 5) is 11.9. The summed E-state index contributed by atoms with van der Waals surface area (Å²) in [5, 5.41) is 10.6. The van der Waals surface area contributed by atoms with Crippen LogP contribution in [0.2, 0.25) is 0 Å². The van der Waals surface area contributed by atoms with Crippen molar-refractivity contribution in [2.24, 2.45) is 17.8 Å². The molecule has 3 saturated carbocycles. The lowest BCUT2D eigenvalue weighted by molar-refractivity contribution is -0.152. The molecule has 14 heavy (non-hydrogen) atoms. The van der Waals surface area contributed by atoms with Crippen molar-refractivity contribution in [3.05, 3.63) is 0 Å². The van der Waals surface area contributed by atoms with Crippen LogP contribution in [0.1, 0.15) is 44.9 Å². The summed E-state index contributed by atoms with van der Waals surface area (Å²) in [6, 6.07) is 0. The van der Waals surface area contributed by atoms with Gasteiger partial charge >= 0.3 is 0 Å². The number of hydrogen-bond donors (Lipinski definition) is 1. The minimum absolute atomic E-state index is 0.00606. The fraction of sp³-hybridized carbons (Fsp3) is 0.917. The van der Waals surface area contributed by atoms with E-state index in [9.17, 15) is 9.90 Å². The molecule has 3 aliphatic carbocycles. The maximum atomic E-state index is 11.9. The topological polar surface area (TPSA) is 37.3 Å². The summed E-state index contributed by atoms with van der Waals surface area (Å²) in [6.45, 7) is 0. The van der Waals surface area contributed by atoms with E-state index in [1.165, 1.54) is 6.42 Å². The molecule has 2 heteroatoms. The number of rotatable bonds is 0. The highest BCUT2D eigenvalue weighted by atomic mass is 16.3. The Labute approximate surface area is 84.7 Å². The SMILES string of the molecule is O=C1[C@@H]2CC[C@H]1[C@]1(O)CCCC[C@H]1C2. The molecule has 0 aromatic carbocycles. The van der Waals surface area contributed by atoms with Crippen LogP contribution in [0.5, 0.6) is 0 Å². The van der Waals surface area contributed by atoms with Gasteiger partial charge in [-0.15, -0.1) is 0 Å². The molecule has 4 atom stereocenters. The third kappa shape index (κ3) is 0.979. The molecule has 2 nitrogen and oxygen atoms in total. The zero-order valence-electron chi connectivity index (χ0n) is 8.54. The van der Waals surface area contributed by atoms with E-state index in [0.29, 0.717) is 17.6 Å². The number of fused-ring (bicyclic) bond motifs is 4. The Morgan fingerprint density at radius 2 is 2.07 bits per heavy atom. The molecule has 0 spiro atoms. The Bertz CT molecular complexity index is 273. The first-order valence-electron chi connectivity index (χ1n) is 5.98. The molecule has 3 fully saturated rings. The third-order valence-electron chi connectivity index (χ3n) is 4.81. The molecular weight excluding hydrogens is 176 g/mol. The standard InChI is InChI=1S/C12H18O2/c13-11-8-4-5-10(11)12(14)6-2-1-3-9(12)7-8/h8-10,14H,1-7H2/t8-,9+,10-,12+/m1/s1. The summed E-state index contributed by atoms with van der Waals surface area (Å²) in [6.07, 6.45) is 7.37. The first kappa shape index (κ1) is 8.90. The molecule has 0 aliphatic heterocycles. The first-order chi connectivity index (χ1) is 6.72.